The summed E-state index contributed by atoms with van der Waals surface area (Å²) in [6, 6.07) is 2.11. The predicted molar refractivity (Wildman–Crippen MR) is 87.6 cm³/mol. The molecule has 0 saturated heterocycles. The van der Waals surface area contributed by atoms with E-state index in [1.807, 2.05) is 26.8 Å². The normalized spacial score (nSPS) is 25.5. The van der Waals surface area contributed by atoms with Crippen LogP contribution in [0.15, 0.2) is 18.5 Å². The molecule has 5 heteroatoms. The van der Waals surface area contributed by atoms with Crippen molar-refractivity contribution >= 4 is 11.8 Å². The number of aromatic nitrogens is 1. The molecule has 0 spiro atoms. The van der Waals surface area contributed by atoms with Crippen LogP contribution in [-0.4, -0.2) is 22.7 Å². The molecule has 1 aliphatic carbocycles. The zero-order valence-corrected chi connectivity index (χ0v) is 13.9. The first-order valence-corrected chi connectivity index (χ1v) is 7.93. The minimum absolute atomic E-state index is 0.121. The number of hydrogen-bond acceptors (Lipinski definition) is 4. The van der Waals surface area contributed by atoms with Gasteiger partial charge < -0.3 is 15.8 Å². The van der Waals surface area contributed by atoms with E-state index in [4.69, 9.17) is 10.5 Å². The lowest BCUT2D eigenvalue weighted by Gasteiger charge is -2.34. The van der Waals surface area contributed by atoms with Crippen LogP contribution in [0.3, 0.4) is 0 Å². The standard InChI is InChI=1S/C17H27N3O2/c1-11-7-12(14-5-6-19-10-15(14)18)9-13(8-11)20-16(21)22-17(2,3)4/h5-6,10-13H,7-9,18H2,1-4H3,(H,20,21). The first kappa shape index (κ1) is 16.6. The Kier molecular flexibility index (Phi) is 4.94. The Hall–Kier alpha value is -1.78. The van der Waals surface area contributed by atoms with Crippen LogP contribution in [-0.2, 0) is 4.74 Å². The zero-order chi connectivity index (χ0) is 16.3. The number of nitrogens with zero attached hydrogens (tertiary/aromatic N) is 1. The number of nitrogens with one attached hydrogen (secondary N) is 1. The molecule has 1 fully saturated rings. The van der Waals surface area contributed by atoms with Crippen molar-refractivity contribution in [1.82, 2.24) is 10.3 Å². The third kappa shape index (κ3) is 4.61. The van der Waals surface area contributed by atoms with Gasteiger partial charge in [0, 0.05) is 12.2 Å². The third-order valence-electron chi connectivity index (χ3n) is 3.99. The number of nitrogens with two attached hydrogens (primary N) is 1. The number of pyridine rings is 1. The summed E-state index contributed by atoms with van der Waals surface area (Å²) >= 11 is 0. The van der Waals surface area contributed by atoms with Crippen LogP contribution >= 0.6 is 0 Å². The van der Waals surface area contributed by atoms with Gasteiger partial charge in [0.2, 0.25) is 0 Å². The number of hydrogen-bond donors (Lipinski definition) is 2. The summed E-state index contributed by atoms with van der Waals surface area (Å²) in [7, 11) is 0. The van der Waals surface area contributed by atoms with Crippen molar-refractivity contribution in [3.05, 3.63) is 24.0 Å². The van der Waals surface area contributed by atoms with Crippen molar-refractivity contribution in [3.8, 4) is 0 Å². The molecule has 3 atom stereocenters. The summed E-state index contributed by atoms with van der Waals surface area (Å²) in [5, 5.41) is 3.01. The highest BCUT2D eigenvalue weighted by Gasteiger charge is 2.30. The quantitative estimate of drug-likeness (QED) is 0.877. The van der Waals surface area contributed by atoms with Crippen molar-refractivity contribution in [2.24, 2.45) is 5.92 Å². The largest absolute Gasteiger partial charge is 0.444 e. The molecular weight excluding hydrogens is 278 g/mol. The molecule has 5 nitrogen and oxygen atoms in total. The lowest BCUT2D eigenvalue weighted by molar-refractivity contribution is 0.0482. The smallest absolute Gasteiger partial charge is 0.407 e. The molecule has 0 radical (unpaired) electrons. The van der Waals surface area contributed by atoms with Gasteiger partial charge in [-0.1, -0.05) is 6.92 Å². The van der Waals surface area contributed by atoms with Crippen molar-refractivity contribution in [3.63, 3.8) is 0 Å². The number of rotatable bonds is 2. The Bertz CT molecular complexity index is 525. The van der Waals surface area contributed by atoms with Gasteiger partial charge in [0.1, 0.15) is 5.60 Å². The number of nitrogen functional groups attached to an aromatic ring is 1. The molecule has 1 heterocycles. The highest BCUT2D eigenvalue weighted by Crippen LogP contribution is 2.38. The Balaban J connectivity index is 2.02. The fraction of sp³-hybridized carbons (Fsp3) is 0.647. The summed E-state index contributed by atoms with van der Waals surface area (Å²) in [5.41, 5.74) is 7.45. The molecule has 1 aromatic heterocycles. The maximum absolute atomic E-state index is 12.0. The molecule has 0 bridgehead atoms. The van der Waals surface area contributed by atoms with Crippen LogP contribution in [0.4, 0.5) is 10.5 Å². The first-order valence-electron chi connectivity index (χ1n) is 7.93. The fourth-order valence-electron chi connectivity index (χ4n) is 3.24. The van der Waals surface area contributed by atoms with E-state index in [2.05, 4.69) is 17.2 Å². The number of carbonyl (C=O) groups is 1. The highest BCUT2D eigenvalue weighted by molar-refractivity contribution is 5.68. The number of amides is 1. The van der Waals surface area contributed by atoms with Crippen molar-refractivity contribution in [2.45, 2.75) is 64.5 Å². The molecular formula is C17H27N3O2. The van der Waals surface area contributed by atoms with Crippen LogP contribution in [0.25, 0.3) is 0 Å². The second-order valence-electron chi connectivity index (χ2n) is 7.36. The van der Waals surface area contributed by atoms with E-state index >= 15 is 0 Å². The van der Waals surface area contributed by atoms with E-state index in [0.29, 0.717) is 11.8 Å². The van der Waals surface area contributed by atoms with Gasteiger partial charge in [0.15, 0.2) is 0 Å². The van der Waals surface area contributed by atoms with Crippen molar-refractivity contribution in [1.29, 1.82) is 0 Å². The maximum atomic E-state index is 12.0. The fourth-order valence-corrected chi connectivity index (χ4v) is 3.24. The van der Waals surface area contributed by atoms with Gasteiger partial charge in [0.25, 0.3) is 0 Å². The van der Waals surface area contributed by atoms with E-state index in [0.717, 1.165) is 30.5 Å². The van der Waals surface area contributed by atoms with Crippen molar-refractivity contribution in [2.75, 3.05) is 5.73 Å². The molecule has 3 N–H and O–H groups in total. The van der Waals surface area contributed by atoms with Crippen LogP contribution in [0, 0.1) is 5.92 Å². The number of anilines is 1. The molecule has 0 aromatic carbocycles. The summed E-state index contributed by atoms with van der Waals surface area (Å²) in [6.45, 7) is 7.83. The number of carbonyl (C=O) groups excluding carboxylic acids is 1. The van der Waals surface area contributed by atoms with Gasteiger partial charge in [-0.05, 0) is 63.5 Å². The lowest BCUT2D eigenvalue weighted by Crippen LogP contribution is -2.42. The summed E-state index contributed by atoms with van der Waals surface area (Å²) in [4.78, 5) is 16.0. The minimum atomic E-state index is -0.473. The molecule has 1 aromatic rings. The van der Waals surface area contributed by atoms with Gasteiger partial charge in [-0.25, -0.2) is 4.79 Å². The molecule has 122 valence electrons. The van der Waals surface area contributed by atoms with Gasteiger partial charge in [-0.3, -0.25) is 4.98 Å². The van der Waals surface area contributed by atoms with Gasteiger partial charge >= 0.3 is 6.09 Å². The van der Waals surface area contributed by atoms with Crippen LogP contribution in [0.2, 0.25) is 0 Å². The predicted octanol–water partition coefficient (Wildman–Crippen LogP) is 3.46. The lowest BCUT2D eigenvalue weighted by atomic mass is 9.76. The van der Waals surface area contributed by atoms with Gasteiger partial charge in [-0.15, -0.1) is 0 Å². The molecule has 1 aliphatic rings. The Labute approximate surface area is 132 Å². The van der Waals surface area contributed by atoms with Gasteiger partial charge in [0.05, 0.1) is 11.9 Å². The Morgan fingerprint density at radius 3 is 2.73 bits per heavy atom. The van der Waals surface area contributed by atoms with E-state index in [9.17, 15) is 4.79 Å². The summed E-state index contributed by atoms with van der Waals surface area (Å²) in [6.07, 6.45) is 6.08. The first-order chi connectivity index (χ1) is 10.2. The second kappa shape index (κ2) is 6.55. The van der Waals surface area contributed by atoms with Gasteiger partial charge in [-0.2, -0.15) is 0 Å². The summed E-state index contributed by atoms with van der Waals surface area (Å²) < 4.78 is 5.36. The van der Waals surface area contributed by atoms with Crippen LogP contribution in [0.5, 0.6) is 0 Å². The Morgan fingerprint density at radius 1 is 1.36 bits per heavy atom. The Morgan fingerprint density at radius 2 is 2.09 bits per heavy atom. The van der Waals surface area contributed by atoms with E-state index in [-0.39, 0.29) is 12.1 Å². The average Bonchev–Trinajstić information content (AvgIpc) is 2.35. The maximum Gasteiger partial charge on any atom is 0.407 e. The molecule has 22 heavy (non-hydrogen) atoms. The van der Waals surface area contributed by atoms with Crippen molar-refractivity contribution < 1.29 is 9.53 Å². The van der Waals surface area contributed by atoms with E-state index < -0.39 is 5.60 Å². The molecule has 3 unspecified atom stereocenters. The minimum Gasteiger partial charge on any atom is -0.444 e. The number of alkyl carbamates (subject to hydrolysis) is 1. The SMILES string of the molecule is CC1CC(NC(=O)OC(C)(C)C)CC(c2ccncc2N)C1. The zero-order valence-electron chi connectivity index (χ0n) is 13.9. The third-order valence-corrected chi connectivity index (χ3v) is 3.99. The average molecular weight is 305 g/mol. The molecule has 1 saturated carbocycles. The van der Waals surface area contributed by atoms with E-state index in [1.54, 1.807) is 12.4 Å². The highest BCUT2D eigenvalue weighted by atomic mass is 16.6. The molecule has 0 aliphatic heterocycles. The second-order valence-corrected chi connectivity index (χ2v) is 7.36. The topological polar surface area (TPSA) is 77.2 Å². The molecule has 1 amide bonds. The molecule has 2 rings (SSSR count). The van der Waals surface area contributed by atoms with Crippen LogP contribution in [0.1, 0.15) is 58.4 Å². The van der Waals surface area contributed by atoms with E-state index in [1.165, 1.54) is 0 Å². The summed E-state index contributed by atoms with van der Waals surface area (Å²) in [5.74, 6) is 0.887. The monoisotopic (exact) mass is 305 g/mol. The van der Waals surface area contributed by atoms with Crippen LogP contribution < -0.4 is 11.1 Å². The number of ether oxygens (including phenoxy) is 1.